The van der Waals surface area contributed by atoms with Crippen molar-refractivity contribution in [2.45, 2.75) is 19.1 Å². The minimum atomic E-state index is -1.00. The number of hydrogen-bond acceptors (Lipinski definition) is 1. The second kappa shape index (κ2) is 12.7. The molecule has 0 aliphatic rings. The molecule has 0 spiro atoms. The maximum absolute atomic E-state index is 13.7. The summed E-state index contributed by atoms with van der Waals surface area (Å²) in [6.07, 6.45) is 1.88. The minimum Gasteiger partial charge on any atom is -1.00 e. The lowest BCUT2D eigenvalue weighted by atomic mass is 10.1. The first-order chi connectivity index (χ1) is 18.7. The number of fused-ring (bicyclic) bond motifs is 1. The highest BCUT2D eigenvalue weighted by molar-refractivity contribution is 7.72. The maximum Gasteiger partial charge on any atom is 0.141 e. The fraction of sp³-hybridized carbons (Fsp3) is 0.0882. The van der Waals surface area contributed by atoms with Gasteiger partial charge in [0.05, 0.1) is 35.7 Å². The molecule has 1 aromatic heterocycles. The number of halogens is 2. The summed E-state index contributed by atoms with van der Waals surface area (Å²) in [7, 11) is -1.00. The standard InChI is InChI=1S/C34H28FN2P.HI/c35-29-19-17-28(18-20-29)34-36-32-24-27(16-21-33(32)37(34)23-22-26-10-4-1-5-11-26)25-38(30-12-6-2-7-13-30)31-14-8-3-9-15-31;/h1-21,24H,22-23,25H2;1H. The Bertz CT molecular complexity index is 1600. The number of rotatable bonds is 8. The van der Waals surface area contributed by atoms with Crippen molar-refractivity contribution in [2.24, 2.45) is 0 Å². The Hall–Kier alpha value is -3.34. The van der Waals surface area contributed by atoms with Crippen molar-refractivity contribution in [3.8, 4) is 11.4 Å². The molecule has 0 aliphatic heterocycles. The van der Waals surface area contributed by atoms with Gasteiger partial charge in [0.2, 0.25) is 0 Å². The van der Waals surface area contributed by atoms with E-state index in [0.717, 1.165) is 41.5 Å². The van der Waals surface area contributed by atoms with E-state index in [-0.39, 0.29) is 29.8 Å². The molecule has 0 saturated heterocycles. The van der Waals surface area contributed by atoms with Crippen molar-refractivity contribution >= 4 is 29.6 Å². The van der Waals surface area contributed by atoms with Gasteiger partial charge in [-0.2, -0.15) is 0 Å². The van der Waals surface area contributed by atoms with Gasteiger partial charge >= 0.3 is 0 Å². The van der Waals surface area contributed by atoms with Gasteiger partial charge in [-0.1, -0.05) is 72.8 Å². The summed E-state index contributed by atoms with van der Waals surface area (Å²) in [5.74, 6) is 0.643. The zero-order valence-electron chi connectivity index (χ0n) is 21.5. The Labute approximate surface area is 247 Å². The van der Waals surface area contributed by atoms with E-state index < -0.39 is 7.92 Å². The molecule has 39 heavy (non-hydrogen) atoms. The van der Waals surface area contributed by atoms with Crippen molar-refractivity contribution in [1.29, 1.82) is 0 Å². The molecule has 0 amide bonds. The second-order valence-corrected chi connectivity index (χ2v) is 12.0. The van der Waals surface area contributed by atoms with Gasteiger partial charge in [0.1, 0.15) is 11.6 Å². The molecule has 6 aromatic rings. The molecule has 2 nitrogen and oxygen atoms in total. The molecule has 194 valence electrons. The number of aryl methyl sites for hydroxylation is 2. The molecular formula is C34H29FIN2P. The Balaban J connectivity index is 0.00000308. The molecule has 0 unspecified atom stereocenters. The Morgan fingerprint density at radius 1 is 0.641 bits per heavy atom. The van der Waals surface area contributed by atoms with E-state index in [9.17, 15) is 4.39 Å². The highest BCUT2D eigenvalue weighted by atomic mass is 127. The van der Waals surface area contributed by atoms with Crippen LogP contribution in [0.3, 0.4) is 0 Å². The molecule has 5 aromatic carbocycles. The van der Waals surface area contributed by atoms with Crippen LogP contribution >= 0.6 is 7.92 Å². The van der Waals surface area contributed by atoms with Gasteiger partial charge in [-0.25, -0.2) is 9.37 Å². The van der Waals surface area contributed by atoms with E-state index in [1.807, 2.05) is 18.2 Å². The average molecular weight is 642 g/mol. The lowest BCUT2D eigenvalue weighted by molar-refractivity contribution is -0.00000805. The molecule has 1 heterocycles. The van der Waals surface area contributed by atoms with Crippen molar-refractivity contribution in [2.75, 3.05) is 0 Å². The van der Waals surface area contributed by atoms with Crippen LogP contribution < -0.4 is 34.6 Å². The van der Waals surface area contributed by atoms with Crippen LogP contribution in [-0.4, -0.2) is 9.55 Å². The molecule has 0 radical (unpaired) electrons. The van der Waals surface area contributed by atoms with Gasteiger partial charge in [0, 0.05) is 12.1 Å². The number of hydrogen-bond donors (Lipinski definition) is 0. The molecule has 0 bridgehead atoms. The first kappa shape index (κ1) is 27.2. The summed E-state index contributed by atoms with van der Waals surface area (Å²) < 4.78 is 16.0. The van der Waals surface area contributed by atoms with E-state index in [1.54, 1.807) is 0 Å². The van der Waals surface area contributed by atoms with Gasteiger partial charge in [0.25, 0.3) is 0 Å². The molecule has 0 atom stereocenters. The van der Waals surface area contributed by atoms with Crippen molar-refractivity contribution in [1.82, 2.24) is 9.55 Å². The van der Waals surface area contributed by atoms with Crippen LogP contribution in [0.25, 0.3) is 22.4 Å². The van der Waals surface area contributed by atoms with Crippen LogP contribution in [0.15, 0.2) is 133 Å². The quantitative estimate of drug-likeness (QED) is 0.177. The smallest absolute Gasteiger partial charge is 0.141 e. The largest absolute Gasteiger partial charge is 1.00 e. The molecule has 0 N–H and O–H groups in total. The van der Waals surface area contributed by atoms with Gasteiger partial charge in [0.15, 0.2) is 0 Å². The van der Waals surface area contributed by atoms with E-state index in [0.29, 0.717) is 0 Å². The highest BCUT2D eigenvalue weighted by Gasteiger charge is 2.23. The summed E-state index contributed by atoms with van der Waals surface area (Å²) in [5.41, 5.74) is 5.59. The Kier molecular flexibility index (Phi) is 8.85. The third kappa shape index (κ3) is 6.29. The molecule has 0 saturated carbocycles. The maximum atomic E-state index is 13.7. The predicted molar refractivity (Wildman–Crippen MR) is 159 cm³/mol. The van der Waals surface area contributed by atoms with Crippen LogP contribution in [0, 0.1) is 5.82 Å². The molecule has 6 rings (SSSR count). The van der Waals surface area contributed by atoms with Crippen molar-refractivity contribution < 1.29 is 28.4 Å². The summed E-state index contributed by atoms with van der Waals surface area (Å²) in [5, 5.41) is 2.81. The summed E-state index contributed by atoms with van der Waals surface area (Å²) >= 11 is 0. The van der Waals surface area contributed by atoms with Crippen molar-refractivity contribution in [3.63, 3.8) is 0 Å². The lowest BCUT2D eigenvalue weighted by Crippen LogP contribution is -3.00. The second-order valence-electron chi connectivity index (χ2n) is 9.54. The van der Waals surface area contributed by atoms with Gasteiger partial charge in [-0.3, -0.25) is 0 Å². The normalized spacial score (nSPS) is 11.0. The average Bonchev–Trinajstić information content (AvgIpc) is 3.34. The lowest BCUT2D eigenvalue weighted by Gasteiger charge is -2.12. The summed E-state index contributed by atoms with van der Waals surface area (Å²) in [6.45, 7) is 0.801. The van der Waals surface area contributed by atoms with E-state index in [1.165, 1.54) is 33.9 Å². The molecule has 0 fully saturated rings. The Morgan fingerprint density at radius 2 is 1.23 bits per heavy atom. The first-order valence-electron chi connectivity index (χ1n) is 13.0. The Morgan fingerprint density at radius 3 is 1.85 bits per heavy atom. The van der Waals surface area contributed by atoms with Crippen LogP contribution in [0.1, 0.15) is 11.1 Å². The van der Waals surface area contributed by atoms with Gasteiger partial charge in [-0.05, 0) is 78.2 Å². The van der Waals surface area contributed by atoms with Crippen LogP contribution in [0.4, 0.5) is 4.39 Å². The number of imidazole rings is 1. The van der Waals surface area contributed by atoms with Gasteiger partial charge < -0.3 is 28.5 Å². The third-order valence-corrected chi connectivity index (χ3v) is 9.83. The van der Waals surface area contributed by atoms with Crippen LogP contribution in [0.5, 0.6) is 0 Å². The zero-order valence-corrected chi connectivity index (χ0v) is 24.6. The predicted octanol–water partition coefficient (Wildman–Crippen LogP) is 4.45. The van der Waals surface area contributed by atoms with Crippen LogP contribution in [0.2, 0.25) is 0 Å². The topological polar surface area (TPSA) is 17.8 Å². The number of aromatic nitrogens is 2. The minimum absolute atomic E-state index is 0. The molecule has 5 heteroatoms. The van der Waals surface area contributed by atoms with E-state index >= 15 is 0 Å². The fourth-order valence-electron chi connectivity index (χ4n) is 5.07. The first-order valence-corrected chi connectivity index (χ1v) is 14.7. The fourth-order valence-corrected chi connectivity index (χ4v) is 7.63. The summed E-state index contributed by atoms with van der Waals surface area (Å²) in [4.78, 5) is 5.09. The molecular weight excluding hydrogens is 613 g/mol. The van der Waals surface area contributed by atoms with E-state index in [2.05, 4.69) is 108 Å². The third-order valence-electron chi connectivity index (χ3n) is 7.01. The van der Waals surface area contributed by atoms with E-state index in [4.69, 9.17) is 4.98 Å². The number of nitrogens with zero attached hydrogens (tertiary/aromatic N) is 2. The highest BCUT2D eigenvalue weighted by Crippen LogP contribution is 2.38. The van der Waals surface area contributed by atoms with Crippen LogP contribution in [-0.2, 0) is 19.1 Å². The number of benzene rings is 5. The van der Waals surface area contributed by atoms with Crippen molar-refractivity contribution in [3.05, 3.63) is 150 Å². The summed E-state index contributed by atoms with van der Waals surface area (Å²) in [6, 6.07) is 45.6. The zero-order chi connectivity index (χ0) is 25.7. The van der Waals surface area contributed by atoms with Gasteiger partial charge in [-0.15, -0.1) is 0 Å². The SMILES string of the molecule is Fc1ccc(-c2nc3cc(C[PH+](c4ccccc4)c4ccccc4)ccc3n2CCc2ccccc2)cc1.[I-]. The molecule has 0 aliphatic carbocycles. The monoisotopic (exact) mass is 642 g/mol.